The zero-order valence-electron chi connectivity index (χ0n) is 11.3. The van der Waals surface area contributed by atoms with E-state index >= 15 is 0 Å². The van der Waals surface area contributed by atoms with Crippen LogP contribution in [0.1, 0.15) is 21.8 Å². The number of aliphatic hydroxyl groups excluding tert-OH is 1. The summed E-state index contributed by atoms with van der Waals surface area (Å²) in [6.07, 6.45) is 0. The molecule has 21 heavy (non-hydrogen) atoms. The molecule has 1 amide bonds. The molecule has 0 fully saturated rings. The van der Waals surface area contributed by atoms with Gasteiger partial charge < -0.3 is 14.5 Å². The summed E-state index contributed by atoms with van der Waals surface area (Å²) in [4.78, 5) is 13.6. The van der Waals surface area contributed by atoms with E-state index in [1.165, 1.54) is 17.0 Å². The number of aryl methyl sites for hydroxylation is 1. The van der Waals surface area contributed by atoms with Crippen molar-refractivity contribution >= 4 is 21.8 Å². The van der Waals surface area contributed by atoms with Crippen molar-refractivity contribution in [3.8, 4) is 0 Å². The van der Waals surface area contributed by atoms with Gasteiger partial charge in [0.15, 0.2) is 0 Å². The molecule has 7 heteroatoms. The van der Waals surface area contributed by atoms with E-state index in [-0.39, 0.29) is 25.5 Å². The van der Waals surface area contributed by atoms with Crippen molar-refractivity contribution in [2.45, 2.75) is 13.5 Å². The first kappa shape index (κ1) is 15.7. The summed E-state index contributed by atoms with van der Waals surface area (Å²) in [5.74, 6) is -0.789. The van der Waals surface area contributed by atoms with Crippen LogP contribution in [-0.4, -0.2) is 34.2 Å². The molecule has 0 aliphatic heterocycles. The number of aliphatic hydroxyl groups is 1. The van der Waals surface area contributed by atoms with Crippen molar-refractivity contribution in [2.24, 2.45) is 0 Å². The van der Waals surface area contributed by atoms with Crippen LogP contribution in [0.15, 0.2) is 33.3 Å². The maximum absolute atomic E-state index is 13.8. The first-order chi connectivity index (χ1) is 10.0. The summed E-state index contributed by atoms with van der Waals surface area (Å²) in [6.45, 7) is 1.58. The van der Waals surface area contributed by atoms with Crippen LogP contribution in [0, 0.1) is 12.7 Å². The molecule has 1 N–H and O–H groups in total. The van der Waals surface area contributed by atoms with Gasteiger partial charge in [-0.2, -0.15) is 0 Å². The second kappa shape index (κ2) is 6.82. The van der Waals surface area contributed by atoms with Gasteiger partial charge in [0.2, 0.25) is 5.76 Å². The number of hydrogen-bond acceptors (Lipinski definition) is 4. The Labute approximate surface area is 129 Å². The molecule has 2 aromatic rings. The smallest absolute Gasteiger partial charge is 0.292 e. The lowest BCUT2D eigenvalue weighted by Gasteiger charge is -2.20. The number of amides is 1. The van der Waals surface area contributed by atoms with Crippen molar-refractivity contribution in [2.75, 3.05) is 13.2 Å². The van der Waals surface area contributed by atoms with Gasteiger partial charge in [-0.1, -0.05) is 21.1 Å². The van der Waals surface area contributed by atoms with Gasteiger partial charge in [-0.3, -0.25) is 4.79 Å². The molecule has 0 aliphatic carbocycles. The number of rotatable bonds is 5. The van der Waals surface area contributed by atoms with Gasteiger partial charge in [0.05, 0.1) is 12.3 Å². The molecule has 0 unspecified atom stereocenters. The van der Waals surface area contributed by atoms with Crippen molar-refractivity contribution in [1.29, 1.82) is 0 Å². The fraction of sp³-hybridized carbons (Fsp3) is 0.286. The summed E-state index contributed by atoms with van der Waals surface area (Å²) >= 11 is 3.26. The van der Waals surface area contributed by atoms with E-state index in [1.807, 2.05) is 0 Å². The van der Waals surface area contributed by atoms with Gasteiger partial charge in [-0.25, -0.2) is 4.39 Å². The van der Waals surface area contributed by atoms with Gasteiger partial charge in [0.25, 0.3) is 5.91 Å². The standard InChI is InChI=1S/C14H14BrFN2O3/c1-9-6-13(21-17-9)14(20)18(4-5-19)8-10-7-11(15)2-3-12(10)16/h2-3,6-7,19H,4-5,8H2,1H3. The zero-order chi connectivity index (χ0) is 15.4. The van der Waals surface area contributed by atoms with Crippen molar-refractivity contribution < 1.29 is 18.8 Å². The van der Waals surface area contributed by atoms with Crippen molar-refractivity contribution in [3.05, 3.63) is 51.6 Å². The first-order valence-electron chi connectivity index (χ1n) is 6.28. The highest BCUT2D eigenvalue weighted by Gasteiger charge is 2.21. The number of nitrogens with zero attached hydrogens (tertiary/aromatic N) is 2. The Morgan fingerprint density at radius 2 is 2.24 bits per heavy atom. The van der Waals surface area contributed by atoms with Crippen LogP contribution >= 0.6 is 15.9 Å². The Hall–Kier alpha value is -1.73. The highest BCUT2D eigenvalue weighted by molar-refractivity contribution is 9.10. The van der Waals surface area contributed by atoms with Crippen LogP contribution in [0.3, 0.4) is 0 Å². The van der Waals surface area contributed by atoms with E-state index < -0.39 is 11.7 Å². The first-order valence-corrected chi connectivity index (χ1v) is 7.08. The maximum Gasteiger partial charge on any atom is 0.292 e. The van der Waals surface area contributed by atoms with Crippen molar-refractivity contribution in [3.63, 3.8) is 0 Å². The molecule has 0 bridgehead atoms. The third kappa shape index (κ3) is 3.89. The summed E-state index contributed by atoms with van der Waals surface area (Å²) in [6, 6.07) is 6.00. The van der Waals surface area contributed by atoms with Crippen LogP contribution in [0.25, 0.3) is 0 Å². The third-order valence-corrected chi connectivity index (χ3v) is 3.36. The molecule has 0 saturated carbocycles. The number of hydrogen-bond donors (Lipinski definition) is 1. The summed E-state index contributed by atoms with van der Waals surface area (Å²) in [5.41, 5.74) is 0.929. The molecular formula is C14H14BrFN2O3. The molecule has 0 atom stereocenters. The minimum Gasteiger partial charge on any atom is -0.395 e. The van der Waals surface area contributed by atoms with E-state index in [0.717, 1.165) is 0 Å². The van der Waals surface area contributed by atoms with Crippen LogP contribution in [-0.2, 0) is 6.54 Å². The second-order valence-corrected chi connectivity index (χ2v) is 5.43. The topological polar surface area (TPSA) is 66.6 Å². The quantitative estimate of drug-likeness (QED) is 0.893. The Morgan fingerprint density at radius 3 is 2.86 bits per heavy atom. The lowest BCUT2D eigenvalue weighted by Crippen LogP contribution is -2.33. The third-order valence-electron chi connectivity index (χ3n) is 2.86. The van der Waals surface area contributed by atoms with Gasteiger partial charge in [-0.15, -0.1) is 0 Å². The van der Waals surface area contributed by atoms with E-state index in [0.29, 0.717) is 15.7 Å². The average molecular weight is 357 g/mol. The zero-order valence-corrected chi connectivity index (χ0v) is 12.9. The minimum absolute atomic E-state index is 0.0322. The molecule has 1 aromatic carbocycles. The Kier molecular flexibility index (Phi) is 5.08. The molecule has 0 aliphatic rings. The summed E-state index contributed by atoms with van der Waals surface area (Å²) < 4.78 is 19.4. The summed E-state index contributed by atoms with van der Waals surface area (Å²) in [7, 11) is 0. The lowest BCUT2D eigenvalue weighted by atomic mass is 10.2. The molecular weight excluding hydrogens is 343 g/mol. The van der Waals surface area contributed by atoms with Gasteiger partial charge in [-0.05, 0) is 25.1 Å². The number of benzene rings is 1. The molecule has 112 valence electrons. The fourth-order valence-corrected chi connectivity index (χ4v) is 2.27. The van der Waals surface area contributed by atoms with Crippen molar-refractivity contribution in [1.82, 2.24) is 10.1 Å². The highest BCUT2D eigenvalue weighted by Crippen LogP contribution is 2.18. The van der Waals surface area contributed by atoms with Gasteiger partial charge in [0.1, 0.15) is 5.82 Å². The van der Waals surface area contributed by atoms with Crippen LogP contribution < -0.4 is 0 Å². The van der Waals surface area contributed by atoms with E-state index in [9.17, 15) is 9.18 Å². The molecule has 2 rings (SSSR count). The Balaban J connectivity index is 2.22. The number of carbonyl (C=O) groups is 1. The predicted octanol–water partition coefficient (Wildman–Crippen LogP) is 2.52. The number of carbonyl (C=O) groups excluding carboxylic acids is 1. The number of halogens is 2. The summed E-state index contributed by atoms with van der Waals surface area (Å²) in [5, 5.41) is 12.7. The monoisotopic (exact) mass is 356 g/mol. The fourth-order valence-electron chi connectivity index (χ4n) is 1.86. The molecule has 1 heterocycles. The molecule has 0 spiro atoms. The second-order valence-electron chi connectivity index (χ2n) is 4.52. The largest absolute Gasteiger partial charge is 0.395 e. The molecule has 5 nitrogen and oxygen atoms in total. The van der Waals surface area contributed by atoms with E-state index in [1.54, 1.807) is 19.1 Å². The Morgan fingerprint density at radius 1 is 1.48 bits per heavy atom. The normalized spacial score (nSPS) is 10.7. The SMILES string of the molecule is Cc1cc(C(=O)N(CCO)Cc2cc(Br)ccc2F)on1. The van der Waals surface area contributed by atoms with Crippen LogP contribution in [0.2, 0.25) is 0 Å². The average Bonchev–Trinajstić information content (AvgIpc) is 2.88. The van der Waals surface area contributed by atoms with Gasteiger partial charge in [0, 0.05) is 29.2 Å². The van der Waals surface area contributed by atoms with Gasteiger partial charge >= 0.3 is 0 Å². The van der Waals surface area contributed by atoms with E-state index in [2.05, 4.69) is 21.1 Å². The molecule has 1 aromatic heterocycles. The minimum atomic E-state index is -0.441. The number of aromatic nitrogens is 1. The molecule has 0 radical (unpaired) electrons. The molecule has 0 saturated heterocycles. The van der Waals surface area contributed by atoms with E-state index in [4.69, 9.17) is 9.63 Å². The predicted molar refractivity (Wildman–Crippen MR) is 77.2 cm³/mol. The van der Waals surface area contributed by atoms with Crippen LogP contribution in [0.5, 0.6) is 0 Å². The lowest BCUT2D eigenvalue weighted by molar-refractivity contribution is 0.0664. The Bertz CT molecular complexity index is 645. The highest BCUT2D eigenvalue weighted by atomic mass is 79.9. The maximum atomic E-state index is 13.8. The van der Waals surface area contributed by atoms with Crippen LogP contribution in [0.4, 0.5) is 4.39 Å².